The van der Waals surface area contributed by atoms with Crippen LogP contribution in [0.1, 0.15) is 5.56 Å². The van der Waals surface area contributed by atoms with Crippen molar-refractivity contribution in [1.82, 2.24) is 4.98 Å². The zero-order valence-electron chi connectivity index (χ0n) is 14.1. The van der Waals surface area contributed by atoms with Gasteiger partial charge < -0.3 is 9.64 Å². The zero-order valence-corrected chi connectivity index (χ0v) is 14.1. The highest BCUT2D eigenvalue weighted by molar-refractivity contribution is 5.83. The second-order valence-corrected chi connectivity index (χ2v) is 5.63. The number of nitrogens with one attached hydrogen (secondary N) is 1. The van der Waals surface area contributed by atoms with Gasteiger partial charge in [-0.05, 0) is 12.1 Å². The molecule has 140 valence electrons. The molecule has 1 aliphatic rings. The Morgan fingerprint density at radius 1 is 1.15 bits per heavy atom. The Hall–Kier alpha value is -3.60. The normalized spacial score (nSPS) is 14.3. The zero-order chi connectivity index (χ0) is 19.2. The van der Waals surface area contributed by atoms with E-state index in [0.717, 1.165) is 6.20 Å². The molecule has 27 heavy (non-hydrogen) atoms. The van der Waals surface area contributed by atoms with E-state index < -0.39 is 9.85 Å². The standard InChI is InChI=1S/C16H16N6O5/c23-21(24)13-2-4-16(17-11-13)19-18-10-12-1-3-14(15(9-12)22(25)26)20-5-7-27-8-6-20/h1-4,9-11H,5-8H2,(H,17,19)/b18-10+. The lowest BCUT2D eigenvalue weighted by atomic mass is 10.1. The lowest BCUT2D eigenvalue weighted by molar-refractivity contribution is -0.385. The average molecular weight is 372 g/mol. The number of pyridine rings is 1. The summed E-state index contributed by atoms with van der Waals surface area (Å²) in [6, 6.07) is 7.58. The molecule has 1 saturated heterocycles. The highest BCUT2D eigenvalue weighted by Gasteiger charge is 2.21. The molecule has 0 atom stereocenters. The van der Waals surface area contributed by atoms with Crippen molar-refractivity contribution in [2.24, 2.45) is 5.10 Å². The summed E-state index contributed by atoms with van der Waals surface area (Å²) < 4.78 is 5.28. The van der Waals surface area contributed by atoms with Gasteiger partial charge in [-0.15, -0.1) is 0 Å². The first-order chi connectivity index (χ1) is 13.0. The Morgan fingerprint density at radius 2 is 1.93 bits per heavy atom. The quantitative estimate of drug-likeness (QED) is 0.463. The average Bonchev–Trinajstić information content (AvgIpc) is 2.69. The molecule has 0 amide bonds. The van der Waals surface area contributed by atoms with Crippen molar-refractivity contribution in [1.29, 1.82) is 0 Å². The van der Waals surface area contributed by atoms with Crippen LogP contribution in [0.25, 0.3) is 0 Å². The van der Waals surface area contributed by atoms with Gasteiger partial charge in [-0.3, -0.25) is 25.7 Å². The lowest BCUT2D eigenvalue weighted by Crippen LogP contribution is -2.36. The fourth-order valence-corrected chi connectivity index (χ4v) is 2.57. The van der Waals surface area contributed by atoms with Crippen LogP contribution in [-0.4, -0.2) is 47.3 Å². The van der Waals surface area contributed by atoms with Crippen LogP contribution in [0.5, 0.6) is 0 Å². The molecule has 0 bridgehead atoms. The molecule has 1 aliphatic heterocycles. The summed E-state index contributed by atoms with van der Waals surface area (Å²) in [5.74, 6) is 0.316. The largest absolute Gasteiger partial charge is 0.378 e. The second-order valence-electron chi connectivity index (χ2n) is 5.63. The smallest absolute Gasteiger partial charge is 0.293 e. The van der Waals surface area contributed by atoms with E-state index in [2.05, 4.69) is 15.5 Å². The van der Waals surface area contributed by atoms with Crippen molar-refractivity contribution in [3.8, 4) is 0 Å². The molecule has 11 heteroatoms. The molecule has 0 radical (unpaired) electrons. The minimum atomic E-state index is -0.546. The van der Waals surface area contributed by atoms with Crippen LogP contribution in [0.2, 0.25) is 0 Å². The third kappa shape index (κ3) is 4.52. The van der Waals surface area contributed by atoms with Gasteiger partial charge in [-0.2, -0.15) is 5.10 Å². The van der Waals surface area contributed by atoms with Crippen molar-refractivity contribution >= 4 is 29.1 Å². The Kier molecular flexibility index (Phi) is 5.52. The highest BCUT2D eigenvalue weighted by Crippen LogP contribution is 2.29. The molecule has 2 heterocycles. The van der Waals surface area contributed by atoms with Crippen molar-refractivity contribution in [3.63, 3.8) is 0 Å². The van der Waals surface area contributed by atoms with Crippen LogP contribution in [0.15, 0.2) is 41.6 Å². The minimum absolute atomic E-state index is 0.00527. The van der Waals surface area contributed by atoms with Crippen molar-refractivity contribution in [2.45, 2.75) is 0 Å². The van der Waals surface area contributed by atoms with Crippen molar-refractivity contribution < 1.29 is 14.6 Å². The van der Waals surface area contributed by atoms with E-state index in [-0.39, 0.29) is 11.4 Å². The van der Waals surface area contributed by atoms with Crippen LogP contribution in [0, 0.1) is 20.2 Å². The van der Waals surface area contributed by atoms with Gasteiger partial charge in [0.25, 0.3) is 11.4 Å². The third-order valence-electron chi connectivity index (χ3n) is 3.90. The summed E-state index contributed by atoms with van der Waals surface area (Å²) in [6.45, 7) is 2.27. The van der Waals surface area contributed by atoms with E-state index in [9.17, 15) is 20.2 Å². The summed E-state index contributed by atoms with van der Waals surface area (Å²) in [7, 11) is 0. The number of aromatic nitrogens is 1. The molecule has 1 aromatic carbocycles. The molecule has 11 nitrogen and oxygen atoms in total. The van der Waals surface area contributed by atoms with E-state index >= 15 is 0 Å². The predicted octanol–water partition coefficient (Wildman–Crippen LogP) is 2.18. The topological polar surface area (TPSA) is 136 Å². The fourth-order valence-electron chi connectivity index (χ4n) is 2.57. The number of nitrogens with zero attached hydrogens (tertiary/aromatic N) is 5. The van der Waals surface area contributed by atoms with Gasteiger partial charge in [0, 0.05) is 30.8 Å². The molecule has 1 fully saturated rings. The summed E-state index contributed by atoms with van der Waals surface area (Å²) >= 11 is 0. The van der Waals surface area contributed by atoms with Gasteiger partial charge >= 0.3 is 0 Å². The number of nitro groups is 2. The molecule has 1 N–H and O–H groups in total. The fraction of sp³-hybridized carbons (Fsp3) is 0.250. The monoisotopic (exact) mass is 372 g/mol. The van der Waals surface area contributed by atoms with E-state index in [1.54, 1.807) is 12.1 Å². The molecular formula is C16H16N6O5. The molecule has 3 rings (SSSR count). The molecule has 2 aromatic rings. The molecule has 0 saturated carbocycles. The van der Waals surface area contributed by atoms with Crippen LogP contribution in [0.4, 0.5) is 22.9 Å². The van der Waals surface area contributed by atoms with E-state index in [1.165, 1.54) is 24.4 Å². The van der Waals surface area contributed by atoms with Crippen LogP contribution < -0.4 is 10.3 Å². The van der Waals surface area contributed by atoms with Crippen LogP contribution >= 0.6 is 0 Å². The molecular weight excluding hydrogens is 356 g/mol. The van der Waals surface area contributed by atoms with Crippen molar-refractivity contribution in [3.05, 3.63) is 62.3 Å². The molecule has 0 spiro atoms. The number of hydrogen-bond acceptors (Lipinski definition) is 9. The summed E-state index contributed by atoms with van der Waals surface area (Å²) in [5.41, 5.74) is 3.58. The second kappa shape index (κ2) is 8.19. The Morgan fingerprint density at radius 3 is 2.56 bits per heavy atom. The number of anilines is 2. The number of rotatable bonds is 6. The van der Waals surface area contributed by atoms with Crippen molar-refractivity contribution in [2.75, 3.05) is 36.6 Å². The SMILES string of the molecule is O=[N+]([O-])c1ccc(N/N=C/c2ccc(N3CCOCC3)c([N+](=O)[O-])c2)nc1. The van der Waals surface area contributed by atoms with Crippen LogP contribution in [0.3, 0.4) is 0 Å². The van der Waals surface area contributed by atoms with E-state index in [1.807, 2.05) is 4.90 Å². The maximum absolute atomic E-state index is 11.4. The number of hydrogen-bond donors (Lipinski definition) is 1. The van der Waals surface area contributed by atoms with E-state index in [4.69, 9.17) is 4.74 Å². The molecule has 1 aromatic heterocycles. The number of hydrazone groups is 1. The Balaban J connectivity index is 1.72. The molecule has 0 aliphatic carbocycles. The predicted molar refractivity (Wildman–Crippen MR) is 98.2 cm³/mol. The highest BCUT2D eigenvalue weighted by atomic mass is 16.6. The van der Waals surface area contributed by atoms with Gasteiger partial charge in [-0.25, -0.2) is 4.98 Å². The number of morpholine rings is 1. The maximum Gasteiger partial charge on any atom is 0.293 e. The first-order valence-electron chi connectivity index (χ1n) is 8.05. The van der Waals surface area contributed by atoms with Gasteiger partial charge in [-0.1, -0.05) is 6.07 Å². The number of nitro benzene ring substituents is 1. The Labute approximate surface area is 153 Å². The third-order valence-corrected chi connectivity index (χ3v) is 3.90. The first kappa shape index (κ1) is 18.2. The minimum Gasteiger partial charge on any atom is -0.378 e. The summed E-state index contributed by atoms with van der Waals surface area (Å²) in [6.07, 6.45) is 2.53. The van der Waals surface area contributed by atoms with Gasteiger partial charge in [0.05, 0.1) is 29.3 Å². The Bertz CT molecular complexity index is 864. The summed E-state index contributed by atoms with van der Waals surface area (Å²) in [4.78, 5) is 26.8. The van der Waals surface area contributed by atoms with Gasteiger partial charge in [0.15, 0.2) is 0 Å². The van der Waals surface area contributed by atoms with Gasteiger partial charge in [0.1, 0.15) is 17.7 Å². The van der Waals surface area contributed by atoms with Gasteiger partial charge in [0.2, 0.25) is 0 Å². The molecule has 0 unspecified atom stereocenters. The first-order valence-corrected chi connectivity index (χ1v) is 8.05. The van der Waals surface area contributed by atoms with E-state index in [0.29, 0.717) is 43.4 Å². The summed E-state index contributed by atoms with van der Waals surface area (Å²) in [5, 5.41) is 26.0. The maximum atomic E-state index is 11.4. The lowest BCUT2D eigenvalue weighted by Gasteiger charge is -2.28. The number of benzene rings is 1. The van der Waals surface area contributed by atoms with Crippen LogP contribution in [-0.2, 0) is 4.74 Å². The number of ether oxygens (including phenoxy) is 1.